The summed E-state index contributed by atoms with van der Waals surface area (Å²) in [6.07, 6.45) is -3.77. The van der Waals surface area contributed by atoms with Crippen molar-refractivity contribution in [2.75, 3.05) is 5.32 Å². The Morgan fingerprint density at radius 1 is 1.18 bits per heavy atom. The summed E-state index contributed by atoms with van der Waals surface area (Å²) in [4.78, 5) is 15.7. The van der Waals surface area contributed by atoms with Gasteiger partial charge in [0, 0.05) is 11.3 Å². The summed E-state index contributed by atoms with van der Waals surface area (Å²) in [6.45, 7) is 0. The van der Waals surface area contributed by atoms with Gasteiger partial charge >= 0.3 is 6.18 Å². The normalized spacial score (nSPS) is 20.7. The smallest absolute Gasteiger partial charge is 0.370 e. The van der Waals surface area contributed by atoms with E-state index in [9.17, 15) is 27.5 Å². The lowest BCUT2D eigenvalue weighted by Gasteiger charge is -2.20. The van der Waals surface area contributed by atoms with E-state index >= 15 is 0 Å². The van der Waals surface area contributed by atoms with Crippen molar-refractivity contribution >= 4 is 11.6 Å². The average Bonchev–Trinajstić information content (AvgIpc) is 2.71. The van der Waals surface area contributed by atoms with Crippen LogP contribution in [0.3, 0.4) is 0 Å². The molecule has 1 atom stereocenters. The number of aromatic nitrogens is 1. The Kier molecular flexibility index (Phi) is 2.96. The third kappa shape index (κ3) is 2.03. The van der Waals surface area contributed by atoms with Gasteiger partial charge in [0.15, 0.2) is 0 Å². The maximum absolute atomic E-state index is 12.9. The van der Waals surface area contributed by atoms with Crippen molar-refractivity contribution in [1.29, 1.82) is 0 Å². The summed E-state index contributed by atoms with van der Waals surface area (Å²) in [5.41, 5.74) is -3.61. The van der Waals surface area contributed by atoms with Crippen LogP contribution in [0.15, 0.2) is 36.5 Å². The molecule has 0 aliphatic carbocycles. The van der Waals surface area contributed by atoms with Crippen LogP contribution in [0.2, 0.25) is 0 Å². The lowest BCUT2D eigenvalue weighted by molar-refractivity contribution is -0.137. The van der Waals surface area contributed by atoms with E-state index in [1.165, 1.54) is 0 Å². The Bertz CT molecular complexity index is 758. The number of rotatable bonds is 1. The number of aliphatic hydroxyl groups is 1. The Morgan fingerprint density at radius 2 is 1.91 bits per heavy atom. The number of hydrogen-bond donors (Lipinski definition) is 2. The fourth-order valence-corrected chi connectivity index (χ4v) is 2.32. The zero-order valence-electron chi connectivity index (χ0n) is 10.8. The zero-order valence-corrected chi connectivity index (χ0v) is 10.8. The summed E-state index contributed by atoms with van der Waals surface area (Å²) >= 11 is 0. The number of anilines is 1. The molecule has 0 spiro atoms. The Labute approximate surface area is 121 Å². The molecule has 4 nitrogen and oxygen atoms in total. The molecular weight excluding hydrogens is 304 g/mol. The van der Waals surface area contributed by atoms with Crippen molar-refractivity contribution in [3.05, 3.63) is 59.2 Å². The van der Waals surface area contributed by atoms with E-state index < -0.39 is 29.1 Å². The van der Waals surface area contributed by atoms with Crippen molar-refractivity contribution in [3.63, 3.8) is 0 Å². The molecule has 0 bridgehead atoms. The molecule has 0 saturated carbocycles. The van der Waals surface area contributed by atoms with Gasteiger partial charge in [0.2, 0.25) is 5.60 Å². The van der Waals surface area contributed by atoms with E-state index in [-0.39, 0.29) is 16.9 Å². The van der Waals surface area contributed by atoms with Crippen LogP contribution in [0.1, 0.15) is 16.8 Å². The van der Waals surface area contributed by atoms with Gasteiger partial charge in [-0.05, 0) is 24.3 Å². The van der Waals surface area contributed by atoms with Gasteiger partial charge in [-0.15, -0.1) is 0 Å². The summed E-state index contributed by atoms with van der Waals surface area (Å²) in [6, 6.07) is 4.58. The van der Waals surface area contributed by atoms with Gasteiger partial charge in [-0.1, -0.05) is 6.07 Å². The molecule has 2 N–H and O–H groups in total. The minimum absolute atomic E-state index is 0.0652. The number of benzene rings is 1. The number of hydrogen-bond acceptors (Lipinski definition) is 3. The van der Waals surface area contributed by atoms with Gasteiger partial charge in [0.1, 0.15) is 5.82 Å². The second-order valence-electron chi connectivity index (χ2n) is 4.78. The molecular formula is C14H8F4N2O2. The predicted molar refractivity (Wildman–Crippen MR) is 67.3 cm³/mol. The molecule has 2 heterocycles. The minimum Gasteiger partial charge on any atom is -0.370 e. The molecule has 2 aromatic rings. The van der Waals surface area contributed by atoms with Crippen LogP contribution in [-0.2, 0) is 16.6 Å². The van der Waals surface area contributed by atoms with E-state index in [1.807, 2.05) is 0 Å². The van der Waals surface area contributed by atoms with Gasteiger partial charge in [-0.25, -0.2) is 4.39 Å². The third-order valence-electron chi connectivity index (χ3n) is 3.41. The van der Waals surface area contributed by atoms with Gasteiger partial charge in [-0.2, -0.15) is 13.2 Å². The fraction of sp³-hybridized carbons (Fsp3) is 0.143. The average molecular weight is 312 g/mol. The Hall–Kier alpha value is -2.48. The standard InChI is InChI=1S/C14H8F4N2O2/c15-8-2-4-11(19-6-8)13(22)9-3-1-7(14(16,17)18)5-10(9)20-12(13)21/h1-6,22H,(H,20,21). The number of alkyl halides is 3. The first-order valence-corrected chi connectivity index (χ1v) is 6.10. The van der Waals surface area contributed by atoms with E-state index in [2.05, 4.69) is 10.3 Å². The van der Waals surface area contributed by atoms with Crippen molar-refractivity contribution in [1.82, 2.24) is 4.98 Å². The number of fused-ring (bicyclic) bond motifs is 1. The predicted octanol–water partition coefficient (Wildman–Crippen LogP) is 2.43. The van der Waals surface area contributed by atoms with Crippen LogP contribution in [0, 0.1) is 5.82 Å². The van der Waals surface area contributed by atoms with E-state index in [0.29, 0.717) is 0 Å². The topological polar surface area (TPSA) is 62.2 Å². The Balaban J connectivity index is 2.14. The van der Waals surface area contributed by atoms with E-state index in [1.54, 1.807) is 0 Å². The number of carbonyl (C=O) groups excluding carboxylic acids is 1. The molecule has 8 heteroatoms. The fourth-order valence-electron chi connectivity index (χ4n) is 2.32. The molecule has 22 heavy (non-hydrogen) atoms. The van der Waals surface area contributed by atoms with Crippen LogP contribution in [-0.4, -0.2) is 16.0 Å². The minimum atomic E-state index is -4.57. The first kappa shape index (κ1) is 14.5. The zero-order chi connectivity index (χ0) is 16.1. The van der Waals surface area contributed by atoms with Crippen LogP contribution in [0.25, 0.3) is 0 Å². The lowest BCUT2D eigenvalue weighted by atomic mass is 9.90. The van der Waals surface area contributed by atoms with Crippen molar-refractivity contribution in [2.24, 2.45) is 0 Å². The monoisotopic (exact) mass is 312 g/mol. The molecule has 114 valence electrons. The number of pyridine rings is 1. The van der Waals surface area contributed by atoms with Crippen LogP contribution in [0.5, 0.6) is 0 Å². The molecule has 3 rings (SSSR count). The highest BCUT2D eigenvalue weighted by atomic mass is 19.4. The lowest BCUT2D eigenvalue weighted by Crippen LogP contribution is -2.36. The van der Waals surface area contributed by atoms with Gasteiger partial charge in [-0.3, -0.25) is 9.78 Å². The molecule has 1 unspecified atom stereocenters. The van der Waals surface area contributed by atoms with E-state index in [0.717, 1.165) is 36.5 Å². The largest absolute Gasteiger partial charge is 0.416 e. The van der Waals surface area contributed by atoms with Crippen molar-refractivity contribution in [2.45, 2.75) is 11.8 Å². The molecule has 1 aliphatic heterocycles. The summed E-state index contributed by atoms with van der Waals surface area (Å²) in [5, 5.41) is 12.8. The molecule has 1 aromatic carbocycles. The molecule has 0 radical (unpaired) electrons. The van der Waals surface area contributed by atoms with Crippen molar-refractivity contribution in [3.8, 4) is 0 Å². The highest BCUT2D eigenvalue weighted by Gasteiger charge is 2.48. The van der Waals surface area contributed by atoms with Crippen LogP contribution >= 0.6 is 0 Å². The number of nitrogens with zero attached hydrogens (tertiary/aromatic N) is 1. The number of amides is 1. The SMILES string of the molecule is O=C1Nc2cc(C(F)(F)F)ccc2C1(O)c1ccc(F)cn1. The number of nitrogens with one attached hydrogen (secondary N) is 1. The molecule has 1 aromatic heterocycles. The quantitative estimate of drug-likeness (QED) is 0.795. The highest BCUT2D eigenvalue weighted by molar-refractivity contribution is 6.07. The maximum Gasteiger partial charge on any atom is 0.416 e. The number of halogens is 4. The van der Waals surface area contributed by atoms with E-state index in [4.69, 9.17) is 0 Å². The second-order valence-corrected chi connectivity index (χ2v) is 4.78. The van der Waals surface area contributed by atoms with Crippen LogP contribution in [0.4, 0.5) is 23.2 Å². The first-order chi connectivity index (χ1) is 10.2. The van der Waals surface area contributed by atoms with Crippen LogP contribution < -0.4 is 5.32 Å². The Morgan fingerprint density at radius 3 is 2.50 bits per heavy atom. The van der Waals surface area contributed by atoms with Gasteiger partial charge < -0.3 is 10.4 Å². The van der Waals surface area contributed by atoms with Gasteiger partial charge in [0.05, 0.1) is 17.5 Å². The molecule has 1 amide bonds. The third-order valence-corrected chi connectivity index (χ3v) is 3.41. The summed E-state index contributed by atoms with van der Waals surface area (Å²) in [7, 11) is 0. The summed E-state index contributed by atoms with van der Waals surface area (Å²) < 4.78 is 51.0. The molecule has 0 saturated heterocycles. The summed E-state index contributed by atoms with van der Waals surface area (Å²) in [5.74, 6) is -1.61. The highest BCUT2D eigenvalue weighted by Crippen LogP contribution is 2.42. The molecule has 0 fully saturated rings. The van der Waals surface area contributed by atoms with Crippen molar-refractivity contribution < 1.29 is 27.5 Å². The first-order valence-electron chi connectivity index (χ1n) is 6.10. The number of carbonyl (C=O) groups is 1. The maximum atomic E-state index is 12.9. The van der Waals surface area contributed by atoms with Gasteiger partial charge in [0.25, 0.3) is 5.91 Å². The molecule has 1 aliphatic rings. The second kappa shape index (κ2) is 4.51.